The molecular weight excluding hydrogens is 614 g/mol. The van der Waals surface area contributed by atoms with E-state index in [2.05, 4.69) is 5.32 Å². The fourth-order valence-electron chi connectivity index (χ4n) is 3.76. The van der Waals surface area contributed by atoms with Gasteiger partial charge in [-0.3, -0.25) is 13.9 Å². The van der Waals surface area contributed by atoms with Gasteiger partial charge in [-0.2, -0.15) is 13.2 Å². The van der Waals surface area contributed by atoms with E-state index in [4.69, 9.17) is 34.8 Å². The van der Waals surface area contributed by atoms with Crippen molar-refractivity contribution >= 4 is 62.3 Å². The second kappa shape index (κ2) is 12.7. The van der Waals surface area contributed by atoms with Crippen molar-refractivity contribution in [1.29, 1.82) is 0 Å². The van der Waals surface area contributed by atoms with Crippen LogP contribution in [0.3, 0.4) is 0 Å². The van der Waals surface area contributed by atoms with Crippen LogP contribution >= 0.6 is 34.8 Å². The number of likely N-dealkylation sites (N-methyl/N-ethyl adjacent to an activating group) is 1. The van der Waals surface area contributed by atoms with E-state index in [-0.39, 0.29) is 16.5 Å². The summed E-state index contributed by atoms with van der Waals surface area (Å²) in [5.41, 5.74) is -1.33. The number of carbonyl (C=O) groups excluding carboxylic acids is 2. The topological polar surface area (TPSA) is 86.8 Å². The van der Waals surface area contributed by atoms with Crippen LogP contribution in [0.15, 0.2) is 71.6 Å². The molecule has 1 N–H and O–H groups in total. The van der Waals surface area contributed by atoms with Crippen molar-refractivity contribution < 1.29 is 31.2 Å². The summed E-state index contributed by atoms with van der Waals surface area (Å²) in [5, 5.41) is 2.29. The van der Waals surface area contributed by atoms with E-state index in [9.17, 15) is 31.2 Å². The highest BCUT2D eigenvalue weighted by Crippen LogP contribution is 2.38. The number of hydrogen-bond donors (Lipinski definition) is 1. The van der Waals surface area contributed by atoms with E-state index in [1.807, 2.05) is 0 Å². The van der Waals surface area contributed by atoms with Gasteiger partial charge in [0.15, 0.2) is 0 Å². The molecule has 3 rings (SSSR count). The van der Waals surface area contributed by atoms with Gasteiger partial charge in [0.05, 0.1) is 21.2 Å². The van der Waals surface area contributed by atoms with Crippen LogP contribution in [0.1, 0.15) is 18.1 Å². The van der Waals surface area contributed by atoms with Crippen LogP contribution in [0.25, 0.3) is 0 Å². The second-order valence-corrected chi connectivity index (χ2v) is 11.6. The molecule has 0 saturated heterocycles. The molecule has 0 fully saturated rings. The number of amides is 2. The Morgan fingerprint density at radius 3 is 2.17 bits per heavy atom. The van der Waals surface area contributed by atoms with E-state index in [0.717, 1.165) is 17.0 Å². The molecule has 0 saturated carbocycles. The maximum absolute atomic E-state index is 13.7. The van der Waals surface area contributed by atoms with Gasteiger partial charge in [0.1, 0.15) is 12.6 Å². The average molecular weight is 637 g/mol. The van der Waals surface area contributed by atoms with E-state index in [1.54, 1.807) is 6.07 Å². The summed E-state index contributed by atoms with van der Waals surface area (Å²) in [5.74, 6) is -1.45. The van der Waals surface area contributed by atoms with E-state index in [0.29, 0.717) is 21.0 Å². The first-order chi connectivity index (χ1) is 18.7. The third kappa shape index (κ3) is 7.20. The highest BCUT2D eigenvalue weighted by Gasteiger charge is 2.37. The molecule has 0 spiro atoms. The van der Waals surface area contributed by atoms with Gasteiger partial charge in [0, 0.05) is 23.6 Å². The lowest BCUT2D eigenvalue weighted by Crippen LogP contribution is -2.50. The Morgan fingerprint density at radius 1 is 0.950 bits per heavy atom. The smallest absolute Gasteiger partial charge is 0.357 e. The normalized spacial score (nSPS) is 12.5. The van der Waals surface area contributed by atoms with Crippen molar-refractivity contribution in [2.75, 3.05) is 17.9 Å². The molecular formula is C26H23Cl3F3N3O4S. The molecule has 2 amide bonds. The first kappa shape index (κ1) is 31.5. The number of alkyl halides is 3. The molecule has 0 aliphatic heterocycles. The number of hydrogen-bond acceptors (Lipinski definition) is 4. The number of anilines is 1. The minimum Gasteiger partial charge on any atom is -0.357 e. The van der Waals surface area contributed by atoms with E-state index < -0.39 is 56.9 Å². The minimum atomic E-state index is -4.90. The summed E-state index contributed by atoms with van der Waals surface area (Å²) in [6.07, 6.45) is -4.90. The molecule has 0 heterocycles. The number of benzene rings is 3. The number of rotatable bonds is 9. The van der Waals surface area contributed by atoms with Gasteiger partial charge in [0.25, 0.3) is 10.0 Å². The standard InChI is InChI=1S/C26H23Cl3F3N3O4S/c1-16(25(37)33-2)34(14-17-8-9-18(27)12-23(17)29)24(36)15-35(40(38,39)20-6-4-3-5-7-20)19-10-11-22(28)21(13-19)26(30,31)32/h3-13,16H,14-15H2,1-2H3,(H,33,37)/t16-/m1/s1. The van der Waals surface area contributed by atoms with Crippen LogP contribution in [0, 0.1) is 0 Å². The van der Waals surface area contributed by atoms with Crippen LogP contribution in [0.2, 0.25) is 15.1 Å². The van der Waals surface area contributed by atoms with Crippen molar-refractivity contribution in [3.05, 3.63) is 92.9 Å². The number of halogens is 6. The van der Waals surface area contributed by atoms with Gasteiger partial charge in [-0.05, 0) is 55.0 Å². The molecule has 0 aliphatic rings. The molecule has 0 radical (unpaired) electrons. The van der Waals surface area contributed by atoms with Gasteiger partial charge >= 0.3 is 6.18 Å². The molecule has 7 nitrogen and oxygen atoms in total. The molecule has 1 atom stereocenters. The summed E-state index contributed by atoms with van der Waals surface area (Å²) < 4.78 is 68.8. The number of nitrogens with one attached hydrogen (secondary N) is 1. The Balaban J connectivity index is 2.13. The Bertz CT molecular complexity index is 1510. The second-order valence-electron chi connectivity index (χ2n) is 8.53. The predicted molar refractivity (Wildman–Crippen MR) is 148 cm³/mol. The zero-order valence-electron chi connectivity index (χ0n) is 21.0. The summed E-state index contributed by atoms with van der Waals surface area (Å²) >= 11 is 18.0. The molecule has 3 aromatic carbocycles. The van der Waals surface area contributed by atoms with Crippen LogP contribution in [0.4, 0.5) is 18.9 Å². The van der Waals surface area contributed by atoms with Crippen LogP contribution in [-0.2, 0) is 32.3 Å². The fourth-order valence-corrected chi connectivity index (χ4v) is 5.88. The van der Waals surface area contributed by atoms with Gasteiger partial charge in [0.2, 0.25) is 11.8 Å². The van der Waals surface area contributed by atoms with Crippen molar-refractivity contribution in [1.82, 2.24) is 10.2 Å². The van der Waals surface area contributed by atoms with Crippen molar-refractivity contribution in [2.24, 2.45) is 0 Å². The van der Waals surface area contributed by atoms with Crippen molar-refractivity contribution in [2.45, 2.75) is 30.6 Å². The lowest BCUT2D eigenvalue weighted by atomic mass is 10.1. The highest BCUT2D eigenvalue weighted by atomic mass is 35.5. The number of nitrogens with zero attached hydrogens (tertiary/aromatic N) is 2. The Labute approximate surface area is 244 Å². The molecule has 40 heavy (non-hydrogen) atoms. The maximum atomic E-state index is 13.7. The Morgan fingerprint density at radius 2 is 1.60 bits per heavy atom. The van der Waals surface area contributed by atoms with E-state index in [1.165, 1.54) is 56.4 Å². The summed E-state index contributed by atoms with van der Waals surface area (Å²) in [6, 6.07) is 12.8. The van der Waals surface area contributed by atoms with Crippen LogP contribution in [0.5, 0.6) is 0 Å². The van der Waals surface area contributed by atoms with Gasteiger partial charge < -0.3 is 10.2 Å². The summed E-state index contributed by atoms with van der Waals surface area (Å²) in [4.78, 5) is 27.0. The first-order valence-corrected chi connectivity index (χ1v) is 14.1. The Kier molecular flexibility index (Phi) is 9.99. The quantitative estimate of drug-likeness (QED) is 0.311. The molecule has 3 aromatic rings. The molecule has 14 heteroatoms. The predicted octanol–water partition coefficient (Wildman–Crippen LogP) is 6.02. The van der Waals surface area contributed by atoms with Crippen molar-refractivity contribution in [3.63, 3.8) is 0 Å². The number of sulfonamides is 1. The van der Waals surface area contributed by atoms with Gasteiger partial charge in [-0.25, -0.2) is 8.42 Å². The lowest BCUT2D eigenvalue weighted by molar-refractivity contribution is -0.139. The minimum absolute atomic E-state index is 0.190. The van der Waals surface area contributed by atoms with Crippen molar-refractivity contribution in [3.8, 4) is 0 Å². The third-order valence-corrected chi connectivity index (χ3v) is 8.63. The fraction of sp³-hybridized carbons (Fsp3) is 0.231. The van der Waals surface area contributed by atoms with Gasteiger partial charge in [-0.15, -0.1) is 0 Å². The lowest BCUT2D eigenvalue weighted by Gasteiger charge is -2.32. The molecule has 0 bridgehead atoms. The SMILES string of the molecule is CNC(=O)[C@@H](C)N(Cc1ccc(Cl)cc1Cl)C(=O)CN(c1ccc(Cl)c(C(F)(F)F)c1)S(=O)(=O)c1ccccc1. The van der Waals surface area contributed by atoms with Crippen LogP contribution in [-0.4, -0.2) is 44.8 Å². The monoisotopic (exact) mass is 635 g/mol. The molecule has 0 aromatic heterocycles. The number of carbonyl (C=O) groups is 2. The summed E-state index contributed by atoms with van der Waals surface area (Å²) in [7, 11) is -3.21. The van der Waals surface area contributed by atoms with Gasteiger partial charge in [-0.1, -0.05) is 59.1 Å². The first-order valence-electron chi connectivity index (χ1n) is 11.6. The summed E-state index contributed by atoms with van der Waals surface area (Å²) in [6.45, 7) is 0.250. The van der Waals surface area contributed by atoms with Crippen LogP contribution < -0.4 is 9.62 Å². The molecule has 0 aliphatic carbocycles. The van der Waals surface area contributed by atoms with E-state index >= 15 is 0 Å². The zero-order valence-corrected chi connectivity index (χ0v) is 24.1. The Hall–Kier alpha value is -2.99. The largest absolute Gasteiger partial charge is 0.417 e. The average Bonchev–Trinajstić information content (AvgIpc) is 2.90. The molecule has 214 valence electrons. The molecule has 0 unspecified atom stereocenters. The zero-order chi connectivity index (χ0) is 29.8. The third-order valence-electron chi connectivity index (χ3n) is 5.92. The maximum Gasteiger partial charge on any atom is 0.417 e. The highest BCUT2D eigenvalue weighted by molar-refractivity contribution is 7.92.